The fraction of sp³-hybridized carbons (Fsp3) is 0.462. The molecule has 0 aliphatic carbocycles. The first-order valence-corrected chi connectivity index (χ1v) is 5.70. The van der Waals surface area contributed by atoms with Gasteiger partial charge in [-0.1, -0.05) is 29.8 Å². The van der Waals surface area contributed by atoms with Gasteiger partial charge in [-0.25, -0.2) is 0 Å². The molecule has 1 aromatic carbocycles. The van der Waals surface area contributed by atoms with Crippen molar-refractivity contribution in [2.24, 2.45) is 10.7 Å². The minimum atomic E-state index is 0.336. The largest absolute Gasteiger partial charge is 0.370 e. The minimum absolute atomic E-state index is 0.336. The summed E-state index contributed by atoms with van der Waals surface area (Å²) in [6.07, 6.45) is 0.933. The van der Waals surface area contributed by atoms with Crippen LogP contribution in [-0.4, -0.2) is 18.5 Å². The van der Waals surface area contributed by atoms with Crippen LogP contribution < -0.4 is 11.1 Å². The molecule has 16 heavy (non-hydrogen) atoms. The van der Waals surface area contributed by atoms with Gasteiger partial charge in [0.15, 0.2) is 5.96 Å². The van der Waals surface area contributed by atoms with Crippen molar-refractivity contribution in [3.63, 3.8) is 0 Å². The molecule has 1 aromatic rings. The lowest BCUT2D eigenvalue weighted by Crippen LogP contribution is -2.36. The third-order valence-electron chi connectivity index (χ3n) is 2.20. The molecule has 0 atom stereocenters. The summed E-state index contributed by atoms with van der Waals surface area (Å²) in [6.45, 7) is 6.92. The summed E-state index contributed by atoms with van der Waals surface area (Å²) in [5.74, 6) is 0.530. The highest BCUT2D eigenvalue weighted by Crippen LogP contribution is 2.04. The predicted octanol–water partition coefficient (Wildman–Crippen LogP) is 1.85. The maximum Gasteiger partial charge on any atom is 0.188 e. The molecular formula is C13H21N3. The molecule has 88 valence electrons. The van der Waals surface area contributed by atoms with Crippen molar-refractivity contribution in [3.8, 4) is 0 Å². The average molecular weight is 219 g/mol. The molecule has 0 fully saturated rings. The first-order chi connectivity index (χ1) is 7.58. The Morgan fingerprint density at radius 3 is 2.81 bits per heavy atom. The number of hydrogen-bond acceptors (Lipinski definition) is 1. The molecule has 0 aliphatic rings. The van der Waals surface area contributed by atoms with Gasteiger partial charge in [0.25, 0.3) is 0 Å². The third kappa shape index (κ3) is 4.82. The summed E-state index contributed by atoms with van der Waals surface area (Å²) in [4.78, 5) is 4.27. The van der Waals surface area contributed by atoms with Crippen molar-refractivity contribution in [2.45, 2.75) is 33.2 Å². The first-order valence-electron chi connectivity index (χ1n) is 5.70. The van der Waals surface area contributed by atoms with Gasteiger partial charge in [-0.15, -0.1) is 0 Å². The van der Waals surface area contributed by atoms with E-state index in [1.807, 2.05) is 13.8 Å². The van der Waals surface area contributed by atoms with Crippen molar-refractivity contribution in [1.82, 2.24) is 5.32 Å². The second-order valence-electron chi connectivity index (χ2n) is 4.31. The quantitative estimate of drug-likeness (QED) is 0.600. The van der Waals surface area contributed by atoms with Gasteiger partial charge in [0.1, 0.15) is 0 Å². The highest BCUT2D eigenvalue weighted by atomic mass is 15.1. The molecule has 0 aliphatic heterocycles. The van der Waals surface area contributed by atoms with Gasteiger partial charge in [0.2, 0.25) is 0 Å². The maximum atomic E-state index is 5.71. The summed E-state index contributed by atoms with van der Waals surface area (Å²) >= 11 is 0. The number of hydrogen-bond donors (Lipinski definition) is 2. The third-order valence-corrected chi connectivity index (χ3v) is 2.20. The summed E-state index contributed by atoms with van der Waals surface area (Å²) in [5, 5.41) is 3.07. The molecule has 0 heterocycles. The Kier molecular flexibility index (Phi) is 4.83. The number of guanidine groups is 1. The molecule has 0 amide bonds. The van der Waals surface area contributed by atoms with Crippen LogP contribution in [0.4, 0.5) is 0 Å². The molecule has 3 nitrogen and oxygen atoms in total. The Morgan fingerprint density at radius 2 is 2.19 bits per heavy atom. The lowest BCUT2D eigenvalue weighted by molar-refractivity contribution is 0.723. The molecule has 0 saturated carbocycles. The van der Waals surface area contributed by atoms with Crippen LogP contribution in [0.3, 0.4) is 0 Å². The van der Waals surface area contributed by atoms with E-state index in [0.29, 0.717) is 12.0 Å². The van der Waals surface area contributed by atoms with Crippen LogP contribution in [0.1, 0.15) is 25.0 Å². The second kappa shape index (κ2) is 6.16. The van der Waals surface area contributed by atoms with Crippen LogP contribution in [0.2, 0.25) is 0 Å². The molecule has 0 saturated heterocycles. The van der Waals surface area contributed by atoms with E-state index in [4.69, 9.17) is 5.73 Å². The Hall–Kier alpha value is -1.51. The van der Waals surface area contributed by atoms with E-state index >= 15 is 0 Å². The monoisotopic (exact) mass is 219 g/mol. The standard InChI is InChI=1S/C13H21N3/c1-10(2)16-13(14)15-8-7-12-6-4-5-11(3)9-12/h4-6,9-10H,7-8H2,1-3H3,(H3,14,15,16). The van der Waals surface area contributed by atoms with Gasteiger partial charge < -0.3 is 11.1 Å². The predicted molar refractivity (Wildman–Crippen MR) is 69.6 cm³/mol. The normalized spacial score (nSPS) is 11.9. The average Bonchev–Trinajstić information content (AvgIpc) is 2.16. The zero-order valence-corrected chi connectivity index (χ0v) is 10.3. The Balaban J connectivity index is 2.40. The van der Waals surface area contributed by atoms with Gasteiger partial charge in [0, 0.05) is 12.6 Å². The molecule has 0 bridgehead atoms. The van der Waals surface area contributed by atoms with Gasteiger partial charge in [-0.2, -0.15) is 0 Å². The number of nitrogens with zero attached hydrogens (tertiary/aromatic N) is 1. The van der Waals surface area contributed by atoms with Gasteiger partial charge in [-0.05, 0) is 32.8 Å². The number of aryl methyl sites for hydroxylation is 1. The molecular weight excluding hydrogens is 198 g/mol. The number of rotatable bonds is 4. The minimum Gasteiger partial charge on any atom is -0.370 e. The van der Waals surface area contributed by atoms with Crippen LogP contribution in [0.15, 0.2) is 29.3 Å². The van der Waals surface area contributed by atoms with E-state index in [0.717, 1.165) is 13.0 Å². The highest BCUT2D eigenvalue weighted by molar-refractivity contribution is 5.78. The van der Waals surface area contributed by atoms with E-state index in [1.165, 1.54) is 11.1 Å². The molecule has 0 aromatic heterocycles. The Labute approximate surface area is 97.8 Å². The Morgan fingerprint density at radius 1 is 1.44 bits per heavy atom. The van der Waals surface area contributed by atoms with Crippen molar-refractivity contribution in [2.75, 3.05) is 6.54 Å². The molecule has 1 rings (SSSR count). The lowest BCUT2D eigenvalue weighted by atomic mass is 10.1. The van der Waals surface area contributed by atoms with Crippen LogP contribution in [0.25, 0.3) is 0 Å². The number of nitrogens with two attached hydrogens (primary N) is 1. The SMILES string of the molecule is Cc1cccc(CCN=C(N)NC(C)C)c1. The fourth-order valence-corrected chi connectivity index (χ4v) is 1.51. The van der Waals surface area contributed by atoms with Crippen molar-refractivity contribution in [3.05, 3.63) is 35.4 Å². The van der Waals surface area contributed by atoms with Crippen LogP contribution in [0, 0.1) is 6.92 Å². The van der Waals surface area contributed by atoms with Gasteiger partial charge >= 0.3 is 0 Å². The van der Waals surface area contributed by atoms with Gasteiger partial charge in [-0.3, -0.25) is 4.99 Å². The maximum absolute atomic E-state index is 5.71. The summed E-state index contributed by atoms with van der Waals surface area (Å²) in [6, 6.07) is 8.81. The Bertz CT molecular complexity index is 356. The number of benzene rings is 1. The van der Waals surface area contributed by atoms with Crippen molar-refractivity contribution < 1.29 is 0 Å². The topological polar surface area (TPSA) is 50.4 Å². The second-order valence-corrected chi connectivity index (χ2v) is 4.31. The summed E-state index contributed by atoms with van der Waals surface area (Å²) in [7, 11) is 0. The van der Waals surface area contributed by atoms with Crippen molar-refractivity contribution >= 4 is 5.96 Å². The zero-order valence-electron chi connectivity index (χ0n) is 10.3. The van der Waals surface area contributed by atoms with E-state index in [-0.39, 0.29) is 0 Å². The van der Waals surface area contributed by atoms with E-state index < -0.39 is 0 Å². The molecule has 3 N–H and O–H groups in total. The summed E-state index contributed by atoms with van der Waals surface area (Å²) in [5.41, 5.74) is 8.30. The fourth-order valence-electron chi connectivity index (χ4n) is 1.51. The van der Waals surface area contributed by atoms with Crippen molar-refractivity contribution in [1.29, 1.82) is 0 Å². The first kappa shape index (κ1) is 12.6. The number of nitrogens with one attached hydrogen (secondary N) is 1. The zero-order chi connectivity index (χ0) is 12.0. The van der Waals surface area contributed by atoms with Gasteiger partial charge in [0.05, 0.1) is 0 Å². The van der Waals surface area contributed by atoms with E-state index in [2.05, 4.69) is 41.5 Å². The molecule has 3 heteroatoms. The van der Waals surface area contributed by atoms with Crippen LogP contribution in [0.5, 0.6) is 0 Å². The molecule has 0 spiro atoms. The van der Waals surface area contributed by atoms with Crippen LogP contribution >= 0.6 is 0 Å². The summed E-state index contributed by atoms with van der Waals surface area (Å²) < 4.78 is 0. The highest BCUT2D eigenvalue weighted by Gasteiger charge is 1.95. The van der Waals surface area contributed by atoms with Crippen LogP contribution in [-0.2, 0) is 6.42 Å². The van der Waals surface area contributed by atoms with E-state index in [1.54, 1.807) is 0 Å². The smallest absolute Gasteiger partial charge is 0.188 e. The lowest BCUT2D eigenvalue weighted by Gasteiger charge is -2.08. The molecule has 0 unspecified atom stereocenters. The molecule has 0 radical (unpaired) electrons. The van der Waals surface area contributed by atoms with E-state index in [9.17, 15) is 0 Å². The number of aliphatic imine (C=N–C) groups is 1.